The first-order chi connectivity index (χ1) is 10.2. The molecule has 0 amide bonds. The summed E-state index contributed by atoms with van der Waals surface area (Å²) in [5.74, 6) is 1.53. The highest BCUT2D eigenvalue weighted by atomic mass is 16.5. The molecular weight excluding hydrogens is 274 g/mol. The van der Waals surface area contributed by atoms with Gasteiger partial charge < -0.3 is 14.2 Å². The van der Waals surface area contributed by atoms with Crippen LogP contribution in [0.25, 0.3) is 10.4 Å². The number of nitrogens with zero attached hydrogens (tertiary/aromatic N) is 4. The molecule has 112 valence electrons. The van der Waals surface area contributed by atoms with Gasteiger partial charge in [0.25, 0.3) is 0 Å². The van der Waals surface area contributed by atoms with Crippen LogP contribution < -0.4 is 19.5 Å². The maximum Gasteiger partial charge on any atom is 0.132 e. The summed E-state index contributed by atoms with van der Waals surface area (Å²) in [6.45, 7) is 0.607. The average Bonchev–Trinajstić information content (AvgIpc) is 2.54. The maximum absolute atomic E-state index is 9.34. The first-order valence-corrected chi connectivity index (χ1v) is 6.15. The summed E-state index contributed by atoms with van der Waals surface area (Å²) in [6.07, 6.45) is 0. The number of rotatable bonds is 8. The van der Waals surface area contributed by atoms with Crippen LogP contribution in [-0.4, -0.2) is 34.4 Å². The molecule has 0 bridgehead atoms. The predicted octanol–water partition coefficient (Wildman–Crippen LogP) is 2.18. The molecule has 1 aromatic rings. The number of nitriles is 1. The van der Waals surface area contributed by atoms with Crippen LogP contribution in [0.1, 0.15) is 11.6 Å². The Bertz CT molecular complexity index is 538. The van der Waals surface area contributed by atoms with Crippen LogP contribution in [0.4, 0.5) is 0 Å². The molecule has 0 saturated heterocycles. The van der Waals surface area contributed by atoms with Crippen molar-refractivity contribution in [3.8, 4) is 23.3 Å². The van der Waals surface area contributed by atoms with Crippen molar-refractivity contribution in [2.75, 3.05) is 34.4 Å². The normalized spacial score (nSPS) is 11.0. The third-order valence-electron chi connectivity index (χ3n) is 2.79. The van der Waals surface area contributed by atoms with Gasteiger partial charge in [-0.25, -0.2) is 0 Å². The molecular formula is C13H17N5O3. The summed E-state index contributed by atoms with van der Waals surface area (Å²) >= 11 is 0. The van der Waals surface area contributed by atoms with Crippen LogP contribution >= 0.6 is 0 Å². The van der Waals surface area contributed by atoms with Crippen LogP contribution in [0, 0.1) is 11.3 Å². The number of hydrogen-bond acceptors (Lipinski definition) is 6. The van der Waals surface area contributed by atoms with Crippen molar-refractivity contribution < 1.29 is 14.2 Å². The lowest BCUT2D eigenvalue weighted by atomic mass is 10.0. The molecule has 0 spiro atoms. The fraction of sp³-hybridized carbons (Fsp3) is 0.462. The molecule has 1 unspecified atom stereocenters. The smallest absolute Gasteiger partial charge is 0.132 e. The second-order valence-corrected chi connectivity index (χ2v) is 3.92. The maximum atomic E-state index is 9.34. The Balaban J connectivity index is 3.12. The van der Waals surface area contributed by atoms with Crippen molar-refractivity contribution in [2.45, 2.75) is 6.04 Å². The van der Waals surface area contributed by atoms with Gasteiger partial charge in [-0.15, -0.1) is 0 Å². The van der Waals surface area contributed by atoms with E-state index in [1.54, 1.807) is 12.1 Å². The van der Waals surface area contributed by atoms with Gasteiger partial charge >= 0.3 is 0 Å². The highest BCUT2D eigenvalue weighted by molar-refractivity contribution is 5.53. The Hall–Kier alpha value is -2.62. The van der Waals surface area contributed by atoms with Gasteiger partial charge in [0.2, 0.25) is 0 Å². The fourth-order valence-electron chi connectivity index (χ4n) is 1.83. The minimum atomic E-state index is -0.658. The molecule has 1 aromatic carbocycles. The van der Waals surface area contributed by atoms with E-state index in [9.17, 15) is 5.26 Å². The van der Waals surface area contributed by atoms with Gasteiger partial charge in [0, 0.05) is 30.1 Å². The van der Waals surface area contributed by atoms with E-state index < -0.39 is 6.04 Å². The zero-order valence-corrected chi connectivity index (χ0v) is 12.2. The lowest BCUT2D eigenvalue weighted by molar-refractivity contribution is 0.364. The first-order valence-electron chi connectivity index (χ1n) is 6.15. The highest BCUT2D eigenvalue weighted by Crippen LogP contribution is 2.38. The van der Waals surface area contributed by atoms with Crippen molar-refractivity contribution >= 4 is 0 Å². The molecule has 8 nitrogen and oxygen atoms in total. The van der Waals surface area contributed by atoms with Crippen LogP contribution in [0.2, 0.25) is 0 Å². The van der Waals surface area contributed by atoms with Crippen molar-refractivity contribution in [1.29, 1.82) is 5.26 Å². The molecule has 0 aromatic heterocycles. The van der Waals surface area contributed by atoms with Gasteiger partial charge in [0.15, 0.2) is 0 Å². The van der Waals surface area contributed by atoms with Crippen molar-refractivity contribution in [3.05, 3.63) is 28.1 Å². The molecule has 0 fully saturated rings. The van der Waals surface area contributed by atoms with Gasteiger partial charge in [0.1, 0.15) is 23.3 Å². The SMILES string of the molecule is COc1cc(OC)c(C(C#N)NCCN=[N+]=[N-])c(OC)c1. The second kappa shape index (κ2) is 8.53. The minimum Gasteiger partial charge on any atom is -0.496 e. The number of methoxy groups -OCH3 is 3. The van der Waals surface area contributed by atoms with E-state index in [-0.39, 0.29) is 6.54 Å². The molecule has 0 aliphatic heterocycles. The molecule has 8 heteroatoms. The zero-order chi connectivity index (χ0) is 15.7. The molecule has 1 N–H and O–H groups in total. The van der Waals surface area contributed by atoms with E-state index in [2.05, 4.69) is 21.4 Å². The molecule has 0 aliphatic rings. The van der Waals surface area contributed by atoms with E-state index in [1.807, 2.05) is 0 Å². The van der Waals surface area contributed by atoms with Crippen molar-refractivity contribution in [1.82, 2.24) is 5.32 Å². The Kier molecular flexibility index (Phi) is 6.68. The minimum absolute atomic E-state index is 0.246. The van der Waals surface area contributed by atoms with E-state index in [1.165, 1.54) is 21.3 Å². The van der Waals surface area contributed by atoms with Gasteiger partial charge in [-0.3, -0.25) is 5.32 Å². The summed E-state index contributed by atoms with van der Waals surface area (Å²) in [6, 6.07) is 4.83. The van der Waals surface area contributed by atoms with Gasteiger partial charge in [-0.05, 0) is 5.53 Å². The summed E-state index contributed by atoms with van der Waals surface area (Å²) in [5, 5.41) is 15.7. The largest absolute Gasteiger partial charge is 0.496 e. The lowest BCUT2D eigenvalue weighted by Crippen LogP contribution is -2.23. The highest BCUT2D eigenvalue weighted by Gasteiger charge is 2.21. The molecule has 1 rings (SSSR count). The first kappa shape index (κ1) is 16.4. The van der Waals surface area contributed by atoms with E-state index >= 15 is 0 Å². The van der Waals surface area contributed by atoms with Crippen LogP contribution in [0.5, 0.6) is 17.2 Å². The summed E-state index contributed by atoms with van der Waals surface area (Å²) in [5.41, 5.74) is 8.81. The van der Waals surface area contributed by atoms with E-state index in [0.29, 0.717) is 29.4 Å². The van der Waals surface area contributed by atoms with Gasteiger partial charge in [0.05, 0.1) is 33.0 Å². The third-order valence-corrected chi connectivity index (χ3v) is 2.79. The standard InChI is InChI=1S/C13H17N5O3/c1-19-9-6-11(20-2)13(12(7-9)21-3)10(8-14)16-4-5-17-18-15/h6-7,10,16H,4-5H2,1-3H3. The number of azide groups is 1. The Morgan fingerprint density at radius 3 is 2.33 bits per heavy atom. The monoisotopic (exact) mass is 291 g/mol. The van der Waals surface area contributed by atoms with Crippen molar-refractivity contribution in [3.63, 3.8) is 0 Å². The fourth-order valence-corrected chi connectivity index (χ4v) is 1.83. The average molecular weight is 291 g/mol. The van der Waals surface area contributed by atoms with Crippen LogP contribution in [0.3, 0.4) is 0 Å². The second-order valence-electron chi connectivity index (χ2n) is 3.92. The van der Waals surface area contributed by atoms with E-state index in [0.717, 1.165) is 0 Å². The van der Waals surface area contributed by atoms with Gasteiger partial charge in [-0.2, -0.15) is 5.26 Å². The quantitative estimate of drug-likeness (QED) is 0.341. The molecule has 0 saturated carbocycles. The lowest BCUT2D eigenvalue weighted by Gasteiger charge is -2.19. The predicted molar refractivity (Wildman–Crippen MR) is 76.5 cm³/mol. The molecule has 0 heterocycles. The Morgan fingerprint density at radius 2 is 1.90 bits per heavy atom. The third kappa shape index (κ3) is 4.18. The number of benzene rings is 1. The van der Waals surface area contributed by atoms with Gasteiger partial charge in [-0.1, -0.05) is 5.11 Å². The number of ether oxygens (including phenoxy) is 3. The number of hydrogen-bond donors (Lipinski definition) is 1. The molecule has 0 radical (unpaired) electrons. The summed E-state index contributed by atoms with van der Waals surface area (Å²) in [7, 11) is 4.55. The molecule has 0 aliphatic carbocycles. The van der Waals surface area contributed by atoms with Crippen LogP contribution in [0.15, 0.2) is 17.2 Å². The molecule has 21 heavy (non-hydrogen) atoms. The number of nitrogens with one attached hydrogen (secondary N) is 1. The summed E-state index contributed by atoms with van der Waals surface area (Å²) < 4.78 is 15.8. The topological polar surface area (TPSA) is 112 Å². The van der Waals surface area contributed by atoms with Crippen molar-refractivity contribution in [2.24, 2.45) is 5.11 Å². The van der Waals surface area contributed by atoms with E-state index in [4.69, 9.17) is 19.7 Å². The Morgan fingerprint density at radius 1 is 1.29 bits per heavy atom. The Labute approximate surface area is 122 Å². The molecule has 1 atom stereocenters. The van der Waals surface area contributed by atoms with Crippen LogP contribution in [-0.2, 0) is 0 Å². The zero-order valence-electron chi connectivity index (χ0n) is 12.2. The summed E-state index contributed by atoms with van der Waals surface area (Å²) in [4.78, 5) is 2.66.